The molecule has 0 spiro atoms. The quantitative estimate of drug-likeness (QED) is 0.878. The monoisotopic (exact) mass is 272 g/mol. The van der Waals surface area contributed by atoms with Crippen molar-refractivity contribution in [3.8, 4) is 5.75 Å². The van der Waals surface area contributed by atoms with E-state index in [0.29, 0.717) is 18.8 Å². The standard InChI is InChI=1S/C16H20N2O2/c1-2-3-13-4-7-15(8-5-13)20-11-10-18-12-14(17)6-9-16(18)19/h4-9,12H,2-3,10-11,17H2,1H3. The number of rotatable bonds is 6. The minimum atomic E-state index is -0.0684. The summed E-state index contributed by atoms with van der Waals surface area (Å²) in [5, 5.41) is 0. The maximum absolute atomic E-state index is 11.6. The lowest BCUT2D eigenvalue weighted by Crippen LogP contribution is -2.22. The zero-order chi connectivity index (χ0) is 14.4. The van der Waals surface area contributed by atoms with Crippen molar-refractivity contribution in [1.29, 1.82) is 0 Å². The highest BCUT2D eigenvalue weighted by Gasteiger charge is 1.98. The van der Waals surface area contributed by atoms with Gasteiger partial charge in [0.1, 0.15) is 12.4 Å². The first-order valence-electron chi connectivity index (χ1n) is 6.87. The second-order valence-corrected chi connectivity index (χ2v) is 4.74. The van der Waals surface area contributed by atoms with E-state index in [1.165, 1.54) is 11.6 Å². The maximum atomic E-state index is 11.6. The van der Waals surface area contributed by atoms with Crippen molar-refractivity contribution >= 4 is 5.69 Å². The van der Waals surface area contributed by atoms with Crippen molar-refractivity contribution in [3.05, 3.63) is 58.5 Å². The number of nitrogen functional groups attached to an aromatic ring is 1. The van der Waals surface area contributed by atoms with Crippen LogP contribution in [-0.4, -0.2) is 11.2 Å². The number of nitrogens with zero attached hydrogens (tertiary/aromatic N) is 1. The van der Waals surface area contributed by atoms with E-state index in [1.807, 2.05) is 12.1 Å². The molecule has 1 heterocycles. The Morgan fingerprint density at radius 1 is 1.15 bits per heavy atom. The van der Waals surface area contributed by atoms with Gasteiger partial charge < -0.3 is 15.0 Å². The van der Waals surface area contributed by atoms with E-state index >= 15 is 0 Å². The van der Waals surface area contributed by atoms with Crippen LogP contribution in [0.1, 0.15) is 18.9 Å². The van der Waals surface area contributed by atoms with Crippen LogP contribution in [0.3, 0.4) is 0 Å². The predicted molar refractivity (Wildman–Crippen MR) is 81.0 cm³/mol. The van der Waals surface area contributed by atoms with E-state index in [1.54, 1.807) is 16.8 Å². The third kappa shape index (κ3) is 3.88. The Labute approximate surface area is 118 Å². The molecule has 4 heteroatoms. The molecule has 0 amide bonds. The first-order chi connectivity index (χ1) is 9.69. The molecule has 0 saturated carbocycles. The summed E-state index contributed by atoms with van der Waals surface area (Å²) >= 11 is 0. The summed E-state index contributed by atoms with van der Waals surface area (Å²) in [7, 11) is 0. The Bertz CT molecular complexity index is 603. The maximum Gasteiger partial charge on any atom is 0.250 e. The largest absolute Gasteiger partial charge is 0.492 e. The highest BCUT2D eigenvalue weighted by molar-refractivity contribution is 5.33. The van der Waals surface area contributed by atoms with E-state index in [-0.39, 0.29) is 5.56 Å². The molecule has 0 unspecified atom stereocenters. The fraction of sp³-hybridized carbons (Fsp3) is 0.312. The van der Waals surface area contributed by atoms with Gasteiger partial charge >= 0.3 is 0 Å². The van der Waals surface area contributed by atoms with Crippen LogP contribution in [-0.2, 0) is 13.0 Å². The topological polar surface area (TPSA) is 57.2 Å². The Hall–Kier alpha value is -2.23. The highest BCUT2D eigenvalue weighted by atomic mass is 16.5. The van der Waals surface area contributed by atoms with Gasteiger partial charge in [-0.2, -0.15) is 0 Å². The Kier molecular flexibility index (Phi) is 4.82. The molecule has 0 aliphatic carbocycles. The molecule has 0 atom stereocenters. The summed E-state index contributed by atoms with van der Waals surface area (Å²) in [6.07, 6.45) is 3.85. The second-order valence-electron chi connectivity index (χ2n) is 4.74. The molecule has 2 N–H and O–H groups in total. The molecule has 20 heavy (non-hydrogen) atoms. The molecule has 0 aliphatic heterocycles. The average molecular weight is 272 g/mol. The van der Waals surface area contributed by atoms with E-state index < -0.39 is 0 Å². The molecule has 106 valence electrons. The van der Waals surface area contributed by atoms with Crippen LogP contribution >= 0.6 is 0 Å². The van der Waals surface area contributed by atoms with E-state index in [2.05, 4.69) is 19.1 Å². The van der Waals surface area contributed by atoms with E-state index in [4.69, 9.17) is 10.5 Å². The lowest BCUT2D eigenvalue weighted by molar-refractivity contribution is 0.296. The van der Waals surface area contributed by atoms with Gasteiger partial charge in [0.25, 0.3) is 5.56 Å². The smallest absolute Gasteiger partial charge is 0.250 e. The number of ether oxygens (including phenoxy) is 1. The van der Waals surface area contributed by atoms with Gasteiger partial charge in [-0.15, -0.1) is 0 Å². The Morgan fingerprint density at radius 2 is 1.90 bits per heavy atom. The highest BCUT2D eigenvalue weighted by Crippen LogP contribution is 2.13. The van der Waals surface area contributed by atoms with Gasteiger partial charge in [-0.3, -0.25) is 4.79 Å². The summed E-state index contributed by atoms with van der Waals surface area (Å²) in [5.74, 6) is 0.821. The predicted octanol–water partition coefficient (Wildman–Crippen LogP) is 2.46. The molecule has 0 bridgehead atoms. The molecule has 0 saturated heterocycles. The van der Waals surface area contributed by atoms with E-state index in [9.17, 15) is 4.79 Å². The number of nitrogens with two attached hydrogens (primary N) is 1. The van der Waals surface area contributed by atoms with Gasteiger partial charge in [0.2, 0.25) is 0 Å². The molecule has 0 radical (unpaired) electrons. The lowest BCUT2D eigenvalue weighted by Gasteiger charge is -2.09. The number of pyridine rings is 1. The minimum absolute atomic E-state index is 0.0684. The van der Waals surface area contributed by atoms with Crippen molar-refractivity contribution in [3.63, 3.8) is 0 Å². The number of benzene rings is 1. The van der Waals surface area contributed by atoms with Crippen LogP contribution in [0.2, 0.25) is 0 Å². The Balaban J connectivity index is 1.89. The molecule has 2 rings (SSSR count). The van der Waals surface area contributed by atoms with Gasteiger partial charge in [0, 0.05) is 18.0 Å². The van der Waals surface area contributed by atoms with Crippen molar-refractivity contribution in [2.45, 2.75) is 26.3 Å². The summed E-state index contributed by atoms with van der Waals surface area (Å²) in [6, 6.07) is 11.2. The first-order valence-corrected chi connectivity index (χ1v) is 6.87. The van der Waals surface area contributed by atoms with E-state index in [0.717, 1.165) is 18.6 Å². The molecule has 1 aromatic heterocycles. The van der Waals surface area contributed by atoms with Crippen LogP contribution in [0.15, 0.2) is 47.4 Å². The number of hydrogen-bond acceptors (Lipinski definition) is 3. The fourth-order valence-electron chi connectivity index (χ4n) is 2.03. The Morgan fingerprint density at radius 3 is 2.60 bits per heavy atom. The summed E-state index contributed by atoms with van der Waals surface area (Å²) in [6.45, 7) is 3.09. The van der Waals surface area contributed by atoms with Crippen molar-refractivity contribution in [1.82, 2.24) is 4.57 Å². The fourth-order valence-corrected chi connectivity index (χ4v) is 2.03. The molecular formula is C16H20N2O2. The van der Waals surface area contributed by atoms with Gasteiger partial charge in [0.15, 0.2) is 0 Å². The SMILES string of the molecule is CCCc1ccc(OCCn2cc(N)ccc2=O)cc1. The molecular weight excluding hydrogens is 252 g/mol. The number of hydrogen-bond donors (Lipinski definition) is 1. The molecule has 4 nitrogen and oxygen atoms in total. The normalized spacial score (nSPS) is 10.4. The van der Waals surface area contributed by atoms with Crippen LogP contribution < -0.4 is 16.0 Å². The second kappa shape index (κ2) is 6.80. The van der Waals surface area contributed by atoms with Crippen LogP contribution in [0, 0.1) is 0 Å². The summed E-state index contributed by atoms with van der Waals surface area (Å²) < 4.78 is 7.19. The van der Waals surface area contributed by atoms with Gasteiger partial charge in [-0.1, -0.05) is 25.5 Å². The molecule has 0 aliphatic rings. The molecule has 2 aromatic rings. The van der Waals surface area contributed by atoms with Crippen molar-refractivity contribution in [2.75, 3.05) is 12.3 Å². The van der Waals surface area contributed by atoms with Gasteiger partial charge in [-0.25, -0.2) is 0 Å². The van der Waals surface area contributed by atoms with Crippen molar-refractivity contribution in [2.24, 2.45) is 0 Å². The first kappa shape index (κ1) is 14.2. The van der Waals surface area contributed by atoms with Crippen LogP contribution in [0.4, 0.5) is 5.69 Å². The third-order valence-electron chi connectivity index (χ3n) is 3.07. The lowest BCUT2D eigenvalue weighted by atomic mass is 10.1. The van der Waals surface area contributed by atoms with Gasteiger partial charge in [0.05, 0.1) is 6.54 Å². The summed E-state index contributed by atoms with van der Waals surface area (Å²) in [5.41, 5.74) is 7.48. The third-order valence-corrected chi connectivity index (χ3v) is 3.07. The van der Waals surface area contributed by atoms with Crippen LogP contribution in [0.25, 0.3) is 0 Å². The molecule has 0 fully saturated rings. The zero-order valence-corrected chi connectivity index (χ0v) is 11.7. The number of aryl methyl sites for hydroxylation is 1. The van der Waals surface area contributed by atoms with Gasteiger partial charge in [-0.05, 0) is 30.2 Å². The van der Waals surface area contributed by atoms with Crippen LogP contribution in [0.5, 0.6) is 5.75 Å². The van der Waals surface area contributed by atoms with Crippen molar-refractivity contribution < 1.29 is 4.74 Å². The zero-order valence-electron chi connectivity index (χ0n) is 11.7. The number of anilines is 1. The average Bonchev–Trinajstić information content (AvgIpc) is 2.45. The number of aromatic nitrogens is 1. The summed E-state index contributed by atoms with van der Waals surface area (Å²) in [4.78, 5) is 11.6. The molecule has 1 aromatic carbocycles. The minimum Gasteiger partial charge on any atom is -0.492 e.